The van der Waals surface area contributed by atoms with Gasteiger partial charge in [0.2, 0.25) is 0 Å². The monoisotopic (exact) mass is 258 g/mol. The van der Waals surface area contributed by atoms with Crippen LogP contribution in [0.4, 0.5) is 0 Å². The quantitative estimate of drug-likeness (QED) is 0.913. The molecule has 2 aromatic rings. The summed E-state index contributed by atoms with van der Waals surface area (Å²) in [5.41, 5.74) is 2.36. The van der Waals surface area contributed by atoms with E-state index in [4.69, 9.17) is 4.74 Å². The Hall–Kier alpha value is -1.81. The van der Waals surface area contributed by atoms with Crippen molar-refractivity contribution >= 4 is 0 Å². The first-order valence-electron chi connectivity index (χ1n) is 6.60. The van der Waals surface area contributed by atoms with Gasteiger partial charge in [-0.2, -0.15) is 0 Å². The zero-order valence-corrected chi connectivity index (χ0v) is 11.0. The maximum absolute atomic E-state index is 9.66. The summed E-state index contributed by atoms with van der Waals surface area (Å²) < 4.78 is 7.39. The van der Waals surface area contributed by atoms with E-state index in [9.17, 15) is 5.11 Å². The zero-order valence-electron chi connectivity index (χ0n) is 11.0. The summed E-state index contributed by atoms with van der Waals surface area (Å²) in [5.74, 6) is 1.95. The van der Waals surface area contributed by atoms with E-state index < -0.39 is 0 Å². The number of benzene rings is 1. The maximum Gasteiger partial charge on any atom is 0.118 e. The molecule has 0 saturated carbocycles. The van der Waals surface area contributed by atoms with Gasteiger partial charge in [-0.05, 0) is 24.1 Å². The van der Waals surface area contributed by atoms with E-state index in [-0.39, 0.29) is 6.10 Å². The molecule has 0 spiro atoms. The van der Waals surface area contributed by atoms with E-state index in [1.165, 1.54) is 5.56 Å². The van der Waals surface area contributed by atoms with Gasteiger partial charge in [-0.15, -0.1) is 0 Å². The molecule has 1 atom stereocenters. The van der Waals surface area contributed by atoms with E-state index in [1.54, 1.807) is 7.11 Å². The van der Waals surface area contributed by atoms with Gasteiger partial charge in [-0.3, -0.25) is 0 Å². The molecule has 1 aromatic carbocycles. The number of imidazole rings is 1. The summed E-state index contributed by atoms with van der Waals surface area (Å²) in [7, 11) is 1.67. The van der Waals surface area contributed by atoms with Crippen LogP contribution < -0.4 is 4.74 Å². The maximum atomic E-state index is 9.66. The normalized spacial score (nSPS) is 18.1. The third-order valence-electron chi connectivity index (χ3n) is 3.67. The highest BCUT2D eigenvalue weighted by Crippen LogP contribution is 2.20. The van der Waals surface area contributed by atoms with Crippen molar-refractivity contribution in [2.45, 2.75) is 31.9 Å². The summed E-state index contributed by atoms with van der Waals surface area (Å²) in [5, 5.41) is 9.66. The van der Waals surface area contributed by atoms with Gasteiger partial charge in [-0.1, -0.05) is 12.1 Å². The van der Waals surface area contributed by atoms with Gasteiger partial charge < -0.3 is 14.4 Å². The van der Waals surface area contributed by atoms with Gasteiger partial charge in [0.05, 0.1) is 13.2 Å². The van der Waals surface area contributed by atoms with Gasteiger partial charge in [-0.25, -0.2) is 4.98 Å². The Morgan fingerprint density at radius 1 is 1.37 bits per heavy atom. The van der Waals surface area contributed by atoms with Crippen LogP contribution in [0, 0.1) is 0 Å². The lowest BCUT2D eigenvalue weighted by atomic mass is 10.1. The van der Waals surface area contributed by atoms with Crippen molar-refractivity contribution in [3.8, 4) is 5.75 Å². The summed E-state index contributed by atoms with van der Waals surface area (Å²) in [4.78, 5) is 4.49. The van der Waals surface area contributed by atoms with Gasteiger partial charge in [0, 0.05) is 31.3 Å². The van der Waals surface area contributed by atoms with E-state index >= 15 is 0 Å². The van der Waals surface area contributed by atoms with Crippen molar-refractivity contribution < 1.29 is 9.84 Å². The molecule has 0 fully saturated rings. The minimum absolute atomic E-state index is 0.210. The molecule has 0 radical (unpaired) electrons. The molecule has 0 aliphatic carbocycles. The predicted octanol–water partition coefficient (Wildman–Crippen LogP) is 1.79. The van der Waals surface area contributed by atoms with Crippen molar-refractivity contribution in [2.75, 3.05) is 7.11 Å². The van der Waals surface area contributed by atoms with Crippen LogP contribution in [-0.2, 0) is 19.4 Å². The number of hydrogen-bond donors (Lipinski definition) is 1. The van der Waals surface area contributed by atoms with Crippen molar-refractivity contribution in [1.29, 1.82) is 0 Å². The second kappa shape index (κ2) is 5.05. The van der Waals surface area contributed by atoms with Crippen LogP contribution in [-0.4, -0.2) is 27.9 Å². The first kappa shape index (κ1) is 12.2. The van der Waals surface area contributed by atoms with Crippen molar-refractivity contribution in [2.24, 2.45) is 0 Å². The van der Waals surface area contributed by atoms with Crippen LogP contribution in [0.15, 0.2) is 30.5 Å². The first-order chi connectivity index (χ1) is 9.26. The number of aliphatic hydroxyl groups excluding tert-OH is 1. The molecule has 4 nitrogen and oxygen atoms in total. The van der Waals surface area contributed by atoms with Gasteiger partial charge >= 0.3 is 0 Å². The molecule has 1 unspecified atom stereocenters. The van der Waals surface area contributed by atoms with Crippen LogP contribution in [0.1, 0.15) is 23.5 Å². The zero-order chi connectivity index (χ0) is 13.2. The number of methoxy groups -OCH3 is 1. The summed E-state index contributed by atoms with van der Waals surface area (Å²) >= 11 is 0. The number of rotatable bonds is 3. The SMILES string of the molecule is COc1ccc(Cc2ncc3n2CCC(O)C3)cc1. The smallest absolute Gasteiger partial charge is 0.118 e. The van der Waals surface area contributed by atoms with Crippen LogP contribution in [0.25, 0.3) is 0 Å². The second-order valence-electron chi connectivity index (χ2n) is 4.99. The molecule has 19 heavy (non-hydrogen) atoms. The largest absolute Gasteiger partial charge is 0.497 e. The predicted molar refractivity (Wildman–Crippen MR) is 72.4 cm³/mol. The summed E-state index contributed by atoms with van der Waals surface area (Å²) in [6, 6.07) is 8.08. The molecule has 0 bridgehead atoms. The van der Waals surface area contributed by atoms with E-state index in [0.717, 1.165) is 43.1 Å². The third kappa shape index (κ3) is 2.49. The summed E-state index contributed by atoms with van der Waals surface area (Å²) in [6.07, 6.45) is 4.04. The lowest BCUT2D eigenvalue weighted by molar-refractivity contribution is 0.143. The Morgan fingerprint density at radius 2 is 2.16 bits per heavy atom. The average Bonchev–Trinajstić information content (AvgIpc) is 2.82. The first-order valence-corrected chi connectivity index (χ1v) is 6.60. The standard InChI is InChI=1S/C15H18N2O2/c1-19-14-4-2-11(3-5-14)8-15-16-10-12-9-13(18)6-7-17(12)15/h2-5,10,13,18H,6-9H2,1H3. The van der Waals surface area contributed by atoms with Gasteiger partial charge in [0.15, 0.2) is 0 Å². The van der Waals surface area contributed by atoms with E-state index in [0.29, 0.717) is 0 Å². The Balaban J connectivity index is 1.79. The number of ether oxygens (including phenoxy) is 1. The second-order valence-corrected chi connectivity index (χ2v) is 4.99. The summed E-state index contributed by atoms with van der Waals surface area (Å²) in [6.45, 7) is 0.863. The van der Waals surface area contributed by atoms with Crippen molar-refractivity contribution in [3.63, 3.8) is 0 Å². The molecule has 1 aliphatic heterocycles. The molecule has 1 aliphatic rings. The number of aromatic nitrogens is 2. The molecule has 2 heterocycles. The van der Waals surface area contributed by atoms with E-state index in [2.05, 4.69) is 21.7 Å². The minimum Gasteiger partial charge on any atom is -0.497 e. The average molecular weight is 258 g/mol. The van der Waals surface area contributed by atoms with Crippen LogP contribution >= 0.6 is 0 Å². The third-order valence-corrected chi connectivity index (χ3v) is 3.67. The molecule has 0 amide bonds. The number of aliphatic hydroxyl groups is 1. The fraction of sp³-hybridized carbons (Fsp3) is 0.400. The molecule has 4 heteroatoms. The van der Waals surface area contributed by atoms with E-state index in [1.807, 2.05) is 18.3 Å². The fourth-order valence-corrected chi connectivity index (χ4v) is 2.58. The highest BCUT2D eigenvalue weighted by Gasteiger charge is 2.19. The molecule has 1 N–H and O–H groups in total. The van der Waals surface area contributed by atoms with Gasteiger partial charge in [0.1, 0.15) is 11.6 Å². The van der Waals surface area contributed by atoms with Crippen LogP contribution in [0.5, 0.6) is 5.75 Å². The Bertz CT molecular complexity index is 560. The lowest BCUT2D eigenvalue weighted by Gasteiger charge is -2.21. The molecular weight excluding hydrogens is 240 g/mol. The topological polar surface area (TPSA) is 47.3 Å². The number of nitrogens with zero attached hydrogens (tertiary/aromatic N) is 2. The molecule has 1 aromatic heterocycles. The highest BCUT2D eigenvalue weighted by atomic mass is 16.5. The van der Waals surface area contributed by atoms with Gasteiger partial charge in [0.25, 0.3) is 0 Å². The minimum atomic E-state index is -0.210. The molecule has 3 rings (SSSR count). The lowest BCUT2D eigenvalue weighted by Crippen LogP contribution is -2.23. The van der Waals surface area contributed by atoms with Crippen LogP contribution in [0.2, 0.25) is 0 Å². The van der Waals surface area contributed by atoms with Crippen molar-refractivity contribution in [1.82, 2.24) is 9.55 Å². The number of fused-ring (bicyclic) bond motifs is 1. The van der Waals surface area contributed by atoms with Crippen LogP contribution in [0.3, 0.4) is 0 Å². The molecular formula is C15H18N2O2. The number of hydrogen-bond acceptors (Lipinski definition) is 3. The molecule has 100 valence electrons. The van der Waals surface area contributed by atoms with Crippen molar-refractivity contribution in [3.05, 3.63) is 47.5 Å². The Morgan fingerprint density at radius 3 is 2.89 bits per heavy atom. The Labute approximate surface area is 112 Å². The molecule has 0 saturated heterocycles. The Kier molecular flexibility index (Phi) is 3.25. The highest BCUT2D eigenvalue weighted by molar-refractivity contribution is 5.29. The fourth-order valence-electron chi connectivity index (χ4n) is 2.58.